The Labute approximate surface area is 115 Å². The molecule has 0 saturated heterocycles. The summed E-state index contributed by atoms with van der Waals surface area (Å²) in [4.78, 5) is 0. The maximum absolute atomic E-state index is 3.44. The van der Waals surface area contributed by atoms with Crippen LogP contribution < -0.4 is 5.32 Å². The number of fused-ring (bicyclic) bond motifs is 1. The molecule has 0 fully saturated rings. The first-order chi connectivity index (χ1) is 9.29. The molecule has 1 N–H and O–H groups in total. The molecule has 1 aliphatic rings. The number of nitrogens with one attached hydrogen (secondary N) is 1. The third-order valence-corrected chi connectivity index (χ3v) is 4.28. The molecule has 1 heteroatoms. The van der Waals surface area contributed by atoms with Crippen molar-refractivity contribution in [2.24, 2.45) is 0 Å². The molecule has 0 bridgehead atoms. The Bertz CT molecular complexity index is 573. The zero-order valence-electron chi connectivity index (χ0n) is 11.7. The van der Waals surface area contributed by atoms with Gasteiger partial charge in [0.15, 0.2) is 0 Å². The van der Waals surface area contributed by atoms with E-state index in [-0.39, 0.29) is 0 Å². The average molecular weight is 251 g/mol. The molecule has 2 aromatic rings. The molecule has 0 radical (unpaired) electrons. The third-order valence-electron chi connectivity index (χ3n) is 4.28. The minimum atomic E-state index is 0.511. The Morgan fingerprint density at radius 3 is 2.47 bits per heavy atom. The maximum atomic E-state index is 3.44. The molecular weight excluding hydrogens is 230 g/mol. The van der Waals surface area contributed by atoms with Gasteiger partial charge < -0.3 is 5.32 Å². The van der Waals surface area contributed by atoms with Crippen molar-refractivity contribution < 1.29 is 0 Å². The van der Waals surface area contributed by atoms with E-state index in [0.29, 0.717) is 12.0 Å². The summed E-state index contributed by atoms with van der Waals surface area (Å²) in [6, 6.07) is 18.4. The Kier molecular flexibility index (Phi) is 3.39. The van der Waals surface area contributed by atoms with Crippen LogP contribution in [0.4, 0.5) is 0 Å². The summed E-state index contributed by atoms with van der Waals surface area (Å²) in [6.07, 6.45) is 2.44. The van der Waals surface area contributed by atoms with Crippen molar-refractivity contribution in [2.45, 2.75) is 31.7 Å². The molecule has 0 saturated carbocycles. The fraction of sp³-hybridized carbons (Fsp3) is 0.333. The molecule has 19 heavy (non-hydrogen) atoms. The summed E-state index contributed by atoms with van der Waals surface area (Å²) in [5.41, 5.74) is 5.79. The molecule has 0 aliphatic heterocycles. The van der Waals surface area contributed by atoms with Crippen LogP contribution in [0.25, 0.3) is 0 Å². The third kappa shape index (κ3) is 2.31. The van der Waals surface area contributed by atoms with Gasteiger partial charge in [-0.25, -0.2) is 0 Å². The first-order valence-electron chi connectivity index (χ1n) is 7.12. The van der Waals surface area contributed by atoms with Gasteiger partial charge in [0.25, 0.3) is 0 Å². The quantitative estimate of drug-likeness (QED) is 0.844. The SMILES string of the molecule is CNC1CCC(c2cccc(C)c2)c2ccccc21. The highest BCUT2D eigenvalue weighted by molar-refractivity contribution is 5.42. The highest BCUT2D eigenvalue weighted by Crippen LogP contribution is 2.40. The lowest BCUT2D eigenvalue weighted by molar-refractivity contribution is 0.471. The second kappa shape index (κ2) is 5.18. The minimum absolute atomic E-state index is 0.511. The summed E-state index contributed by atoms with van der Waals surface area (Å²) in [7, 11) is 2.06. The summed E-state index contributed by atoms with van der Waals surface area (Å²) in [6.45, 7) is 2.18. The van der Waals surface area contributed by atoms with Crippen LogP contribution >= 0.6 is 0 Å². The smallest absolute Gasteiger partial charge is 0.0320 e. The van der Waals surface area contributed by atoms with E-state index < -0.39 is 0 Å². The van der Waals surface area contributed by atoms with Crippen molar-refractivity contribution in [1.82, 2.24) is 5.32 Å². The summed E-state index contributed by atoms with van der Waals surface area (Å²) < 4.78 is 0. The fourth-order valence-electron chi connectivity index (χ4n) is 3.32. The van der Waals surface area contributed by atoms with Crippen molar-refractivity contribution in [2.75, 3.05) is 7.05 Å². The van der Waals surface area contributed by atoms with E-state index in [4.69, 9.17) is 0 Å². The van der Waals surface area contributed by atoms with Gasteiger partial charge >= 0.3 is 0 Å². The molecule has 0 amide bonds. The van der Waals surface area contributed by atoms with Gasteiger partial charge in [0.1, 0.15) is 0 Å². The molecule has 1 nitrogen and oxygen atoms in total. The van der Waals surface area contributed by atoms with E-state index in [2.05, 4.69) is 67.8 Å². The molecule has 2 aromatic carbocycles. The van der Waals surface area contributed by atoms with Gasteiger partial charge in [-0.15, -0.1) is 0 Å². The summed E-state index contributed by atoms with van der Waals surface area (Å²) in [5.74, 6) is 0.556. The van der Waals surface area contributed by atoms with Gasteiger partial charge in [0, 0.05) is 12.0 Å². The number of benzene rings is 2. The lowest BCUT2D eigenvalue weighted by atomic mass is 9.76. The number of hydrogen-bond acceptors (Lipinski definition) is 1. The van der Waals surface area contributed by atoms with Crippen LogP contribution in [-0.4, -0.2) is 7.05 Å². The molecule has 2 atom stereocenters. The van der Waals surface area contributed by atoms with Crippen LogP contribution in [0.1, 0.15) is 47.1 Å². The van der Waals surface area contributed by atoms with Crippen LogP contribution in [0.5, 0.6) is 0 Å². The Morgan fingerprint density at radius 2 is 1.74 bits per heavy atom. The topological polar surface area (TPSA) is 12.0 Å². The van der Waals surface area contributed by atoms with Crippen molar-refractivity contribution in [1.29, 1.82) is 0 Å². The Hall–Kier alpha value is -1.60. The van der Waals surface area contributed by atoms with E-state index in [0.717, 1.165) is 0 Å². The van der Waals surface area contributed by atoms with E-state index in [1.54, 1.807) is 0 Å². The first kappa shape index (κ1) is 12.4. The van der Waals surface area contributed by atoms with Crippen LogP contribution in [0.15, 0.2) is 48.5 Å². The van der Waals surface area contributed by atoms with Crippen LogP contribution in [0.3, 0.4) is 0 Å². The predicted octanol–water partition coefficient (Wildman–Crippen LogP) is 4.18. The van der Waals surface area contributed by atoms with E-state index in [1.807, 2.05) is 0 Å². The second-order valence-corrected chi connectivity index (χ2v) is 5.51. The zero-order valence-corrected chi connectivity index (χ0v) is 11.7. The molecular formula is C18H21N. The van der Waals surface area contributed by atoms with Gasteiger partial charge in [-0.3, -0.25) is 0 Å². The number of hydrogen-bond donors (Lipinski definition) is 1. The van der Waals surface area contributed by atoms with Crippen LogP contribution in [0.2, 0.25) is 0 Å². The monoisotopic (exact) mass is 251 g/mol. The fourth-order valence-corrected chi connectivity index (χ4v) is 3.32. The highest BCUT2D eigenvalue weighted by Gasteiger charge is 2.26. The summed E-state index contributed by atoms with van der Waals surface area (Å²) >= 11 is 0. The lowest BCUT2D eigenvalue weighted by Crippen LogP contribution is -2.24. The Balaban J connectivity index is 2.05. The van der Waals surface area contributed by atoms with Gasteiger partial charge in [-0.2, -0.15) is 0 Å². The minimum Gasteiger partial charge on any atom is -0.313 e. The predicted molar refractivity (Wildman–Crippen MR) is 80.5 cm³/mol. The zero-order chi connectivity index (χ0) is 13.2. The van der Waals surface area contributed by atoms with Gasteiger partial charge in [-0.1, -0.05) is 54.1 Å². The van der Waals surface area contributed by atoms with Crippen LogP contribution in [-0.2, 0) is 0 Å². The average Bonchev–Trinajstić information content (AvgIpc) is 2.46. The van der Waals surface area contributed by atoms with Crippen LogP contribution in [0, 0.1) is 6.92 Å². The van der Waals surface area contributed by atoms with E-state index in [9.17, 15) is 0 Å². The standard InChI is InChI=1S/C18H21N/c1-13-6-5-7-14(12-13)15-10-11-18(19-2)17-9-4-3-8-16(15)17/h3-9,12,15,18-19H,10-11H2,1-2H3. The molecule has 0 heterocycles. The van der Waals surface area contributed by atoms with Gasteiger partial charge in [-0.05, 0) is 43.5 Å². The number of rotatable bonds is 2. The molecule has 2 unspecified atom stereocenters. The van der Waals surface area contributed by atoms with E-state index in [1.165, 1.54) is 35.1 Å². The summed E-state index contributed by atoms with van der Waals surface area (Å²) in [5, 5.41) is 3.44. The number of aryl methyl sites for hydroxylation is 1. The Morgan fingerprint density at radius 1 is 0.947 bits per heavy atom. The highest BCUT2D eigenvalue weighted by atomic mass is 14.9. The van der Waals surface area contributed by atoms with Crippen molar-refractivity contribution in [3.05, 3.63) is 70.8 Å². The molecule has 98 valence electrons. The normalized spacial score (nSPS) is 22.0. The molecule has 0 spiro atoms. The first-order valence-corrected chi connectivity index (χ1v) is 7.12. The largest absolute Gasteiger partial charge is 0.313 e. The maximum Gasteiger partial charge on any atom is 0.0320 e. The molecule has 0 aromatic heterocycles. The van der Waals surface area contributed by atoms with Crippen molar-refractivity contribution >= 4 is 0 Å². The van der Waals surface area contributed by atoms with Gasteiger partial charge in [0.2, 0.25) is 0 Å². The van der Waals surface area contributed by atoms with E-state index >= 15 is 0 Å². The van der Waals surface area contributed by atoms with Crippen molar-refractivity contribution in [3.8, 4) is 0 Å². The lowest BCUT2D eigenvalue weighted by Gasteiger charge is -2.32. The second-order valence-electron chi connectivity index (χ2n) is 5.51. The van der Waals surface area contributed by atoms with Crippen molar-refractivity contribution in [3.63, 3.8) is 0 Å². The molecule has 1 aliphatic carbocycles. The molecule has 3 rings (SSSR count). The van der Waals surface area contributed by atoms with Gasteiger partial charge in [0.05, 0.1) is 0 Å².